The van der Waals surface area contributed by atoms with Crippen molar-refractivity contribution in [3.8, 4) is 0 Å². The Morgan fingerprint density at radius 2 is 2.00 bits per heavy atom. The molecule has 0 saturated heterocycles. The number of hydrogen-bond donors (Lipinski definition) is 0. The largest absolute Gasteiger partial charge is 0.268 e. The molecule has 0 spiro atoms. The molecule has 0 bridgehead atoms. The zero-order chi connectivity index (χ0) is 7.28. The van der Waals surface area contributed by atoms with E-state index < -0.39 is 0 Å². The van der Waals surface area contributed by atoms with E-state index in [0.29, 0.717) is 6.04 Å². The summed E-state index contributed by atoms with van der Waals surface area (Å²) in [5, 5.41) is 0. The summed E-state index contributed by atoms with van der Waals surface area (Å²) in [5.74, 6) is 0.854. The molecular weight excluding hydrogens is 112 g/mol. The highest BCUT2D eigenvalue weighted by Gasteiger charge is 1.86. The summed E-state index contributed by atoms with van der Waals surface area (Å²) in [6.07, 6.45) is 1.75. The highest BCUT2D eigenvalue weighted by Crippen LogP contribution is 1.87. The zero-order valence-electron chi connectivity index (χ0n) is 6.55. The van der Waals surface area contributed by atoms with Crippen molar-refractivity contribution >= 4 is 12.1 Å². The number of rotatable bonds is 1. The summed E-state index contributed by atoms with van der Waals surface area (Å²) in [4.78, 5) is 8.18. The fraction of sp³-hybridized carbons (Fsp3) is 0.714. The maximum atomic E-state index is 4.19. The van der Waals surface area contributed by atoms with Gasteiger partial charge in [0.05, 0.1) is 0 Å². The maximum absolute atomic E-state index is 4.19. The highest BCUT2D eigenvalue weighted by atomic mass is 14.9. The third kappa shape index (κ3) is 5.21. The van der Waals surface area contributed by atoms with E-state index in [1.54, 1.807) is 6.21 Å². The van der Waals surface area contributed by atoms with Gasteiger partial charge in [0.15, 0.2) is 0 Å². The first-order valence-corrected chi connectivity index (χ1v) is 3.20. The summed E-state index contributed by atoms with van der Waals surface area (Å²) in [6.45, 7) is 7.86. The molecule has 0 aromatic rings. The zero-order valence-corrected chi connectivity index (χ0v) is 6.55. The van der Waals surface area contributed by atoms with Gasteiger partial charge in [0, 0.05) is 12.3 Å². The van der Waals surface area contributed by atoms with Gasteiger partial charge in [-0.2, -0.15) is 0 Å². The first-order chi connectivity index (χ1) is 4.16. The van der Waals surface area contributed by atoms with Crippen LogP contribution in [-0.4, -0.2) is 18.1 Å². The van der Waals surface area contributed by atoms with Crippen molar-refractivity contribution < 1.29 is 0 Å². The normalized spacial score (nSPS) is 13.7. The van der Waals surface area contributed by atoms with E-state index in [4.69, 9.17) is 0 Å². The average Bonchev–Trinajstić information content (AvgIpc) is 1.63. The van der Waals surface area contributed by atoms with E-state index in [9.17, 15) is 0 Å². The molecule has 0 aliphatic carbocycles. The Hall–Kier alpha value is -0.660. The molecule has 0 N–H and O–H groups in total. The Balaban J connectivity index is 3.84. The van der Waals surface area contributed by atoms with Gasteiger partial charge < -0.3 is 0 Å². The van der Waals surface area contributed by atoms with E-state index in [-0.39, 0.29) is 0 Å². The topological polar surface area (TPSA) is 24.7 Å². The molecule has 0 saturated carbocycles. The summed E-state index contributed by atoms with van der Waals surface area (Å²) in [5.41, 5.74) is 0. The van der Waals surface area contributed by atoms with Crippen molar-refractivity contribution in [3.63, 3.8) is 0 Å². The average molecular weight is 126 g/mol. The molecule has 2 nitrogen and oxygen atoms in total. The minimum absolute atomic E-state index is 0.355. The van der Waals surface area contributed by atoms with Crippen molar-refractivity contribution in [2.75, 3.05) is 0 Å². The molecule has 0 heterocycles. The molecular formula is C7H14N2. The predicted octanol–water partition coefficient (Wildman–Crippen LogP) is 1.90. The Bertz CT molecular complexity index is 123. The summed E-state index contributed by atoms with van der Waals surface area (Å²) < 4.78 is 0. The minimum Gasteiger partial charge on any atom is -0.268 e. The van der Waals surface area contributed by atoms with Crippen molar-refractivity contribution in [2.24, 2.45) is 9.98 Å². The lowest BCUT2D eigenvalue weighted by atomic mass is 10.4. The van der Waals surface area contributed by atoms with Gasteiger partial charge in [-0.1, -0.05) is 0 Å². The second-order valence-corrected chi connectivity index (χ2v) is 2.16. The lowest BCUT2D eigenvalue weighted by Crippen LogP contribution is -1.94. The van der Waals surface area contributed by atoms with Gasteiger partial charge in [0.1, 0.15) is 5.84 Å². The van der Waals surface area contributed by atoms with Crippen LogP contribution in [0.4, 0.5) is 0 Å². The van der Waals surface area contributed by atoms with Crippen molar-refractivity contribution in [1.29, 1.82) is 0 Å². The minimum atomic E-state index is 0.355. The molecule has 52 valence electrons. The molecule has 2 heteroatoms. The molecule has 0 radical (unpaired) electrons. The van der Waals surface area contributed by atoms with Crippen LogP contribution in [0.15, 0.2) is 9.98 Å². The van der Waals surface area contributed by atoms with Crippen LogP contribution < -0.4 is 0 Å². The van der Waals surface area contributed by atoms with E-state index in [0.717, 1.165) is 5.84 Å². The molecule has 9 heavy (non-hydrogen) atoms. The van der Waals surface area contributed by atoms with Gasteiger partial charge in [0.25, 0.3) is 0 Å². The number of nitrogens with zero attached hydrogens (tertiary/aromatic N) is 2. The number of aliphatic imine (C=N–C) groups is 2. The highest BCUT2D eigenvalue weighted by molar-refractivity contribution is 5.87. The Labute approximate surface area is 56.7 Å². The molecule has 0 fully saturated rings. The van der Waals surface area contributed by atoms with Crippen LogP contribution in [-0.2, 0) is 0 Å². The number of hydrogen-bond acceptors (Lipinski definition) is 1. The van der Waals surface area contributed by atoms with Crippen molar-refractivity contribution in [1.82, 2.24) is 0 Å². The lowest BCUT2D eigenvalue weighted by molar-refractivity contribution is 0.833. The second kappa shape index (κ2) is 4.24. The fourth-order valence-corrected chi connectivity index (χ4v) is 0.594. The Kier molecular flexibility index (Phi) is 3.93. The van der Waals surface area contributed by atoms with Crippen LogP contribution in [0.5, 0.6) is 0 Å². The second-order valence-electron chi connectivity index (χ2n) is 2.16. The van der Waals surface area contributed by atoms with Gasteiger partial charge in [-0.15, -0.1) is 0 Å². The molecule has 0 unspecified atom stereocenters. The SMILES string of the molecule is CC=NC(C)=NC(C)C. The smallest absolute Gasteiger partial charge is 0.119 e. The predicted molar refractivity (Wildman–Crippen MR) is 42.4 cm³/mol. The maximum Gasteiger partial charge on any atom is 0.119 e. The van der Waals surface area contributed by atoms with Gasteiger partial charge >= 0.3 is 0 Å². The van der Waals surface area contributed by atoms with Crippen LogP contribution >= 0.6 is 0 Å². The van der Waals surface area contributed by atoms with Gasteiger partial charge in [-0.3, -0.25) is 4.99 Å². The first-order valence-electron chi connectivity index (χ1n) is 3.20. The summed E-state index contributed by atoms with van der Waals surface area (Å²) >= 11 is 0. The van der Waals surface area contributed by atoms with Crippen LogP contribution in [0.2, 0.25) is 0 Å². The van der Waals surface area contributed by atoms with Crippen LogP contribution in [0.25, 0.3) is 0 Å². The molecule has 0 aromatic carbocycles. The van der Waals surface area contributed by atoms with E-state index in [1.165, 1.54) is 0 Å². The lowest BCUT2D eigenvalue weighted by Gasteiger charge is -1.95. The van der Waals surface area contributed by atoms with Crippen LogP contribution in [0, 0.1) is 0 Å². The quantitative estimate of drug-likeness (QED) is 0.378. The summed E-state index contributed by atoms with van der Waals surface area (Å²) in [6, 6.07) is 0.355. The van der Waals surface area contributed by atoms with Gasteiger partial charge in [0.2, 0.25) is 0 Å². The van der Waals surface area contributed by atoms with Crippen molar-refractivity contribution in [2.45, 2.75) is 33.7 Å². The van der Waals surface area contributed by atoms with Crippen molar-refractivity contribution in [3.05, 3.63) is 0 Å². The Morgan fingerprint density at radius 3 is 2.33 bits per heavy atom. The molecule has 0 aliphatic rings. The van der Waals surface area contributed by atoms with Gasteiger partial charge in [-0.25, -0.2) is 4.99 Å². The molecule has 0 aromatic heterocycles. The number of amidine groups is 1. The molecule has 0 atom stereocenters. The van der Waals surface area contributed by atoms with E-state index >= 15 is 0 Å². The van der Waals surface area contributed by atoms with E-state index in [2.05, 4.69) is 9.98 Å². The standard InChI is InChI=1S/C7H14N2/c1-5-8-7(4)9-6(2)3/h5-6H,1-4H3. The third-order valence-corrected chi connectivity index (χ3v) is 0.761. The Morgan fingerprint density at radius 1 is 1.44 bits per heavy atom. The summed E-state index contributed by atoms with van der Waals surface area (Å²) in [7, 11) is 0. The van der Waals surface area contributed by atoms with Crippen LogP contribution in [0.3, 0.4) is 0 Å². The molecule has 0 rings (SSSR count). The molecule has 0 amide bonds. The third-order valence-electron chi connectivity index (χ3n) is 0.761. The van der Waals surface area contributed by atoms with Gasteiger partial charge in [-0.05, 0) is 27.7 Å². The first kappa shape index (κ1) is 8.34. The van der Waals surface area contributed by atoms with Crippen LogP contribution in [0.1, 0.15) is 27.7 Å². The molecule has 0 aliphatic heterocycles. The fourth-order valence-electron chi connectivity index (χ4n) is 0.594. The monoisotopic (exact) mass is 126 g/mol. The van der Waals surface area contributed by atoms with E-state index in [1.807, 2.05) is 27.7 Å².